The minimum Gasteiger partial charge on any atom is -0.497 e. The monoisotopic (exact) mass is 448 g/mol. The molecule has 0 radical (unpaired) electrons. The summed E-state index contributed by atoms with van der Waals surface area (Å²) in [6.07, 6.45) is 0. The number of aryl methyl sites for hydroxylation is 1. The van der Waals surface area contributed by atoms with Crippen LogP contribution in [0.4, 0.5) is 0 Å². The van der Waals surface area contributed by atoms with Crippen LogP contribution in [0.1, 0.15) is 34.6 Å². The van der Waals surface area contributed by atoms with Crippen LogP contribution >= 0.6 is 11.8 Å². The Kier molecular flexibility index (Phi) is 6.46. The third-order valence-electron chi connectivity index (χ3n) is 5.24. The molecule has 0 N–H and O–H groups in total. The van der Waals surface area contributed by atoms with E-state index in [9.17, 15) is 9.59 Å². The Morgan fingerprint density at radius 1 is 0.969 bits per heavy atom. The van der Waals surface area contributed by atoms with Crippen molar-refractivity contribution < 1.29 is 19.1 Å². The Bertz CT molecular complexity index is 1310. The number of aromatic nitrogens is 2. The zero-order valence-electron chi connectivity index (χ0n) is 18.3. The van der Waals surface area contributed by atoms with Crippen molar-refractivity contribution in [3.05, 3.63) is 65.7 Å². The van der Waals surface area contributed by atoms with Gasteiger partial charge in [-0.3, -0.25) is 4.79 Å². The second-order valence-corrected chi connectivity index (χ2v) is 8.14. The normalized spacial score (nSPS) is 11.1. The Morgan fingerprint density at radius 3 is 2.47 bits per heavy atom. The van der Waals surface area contributed by atoms with Gasteiger partial charge in [-0.25, -0.2) is 9.78 Å². The summed E-state index contributed by atoms with van der Waals surface area (Å²) >= 11 is 1.40. The molecule has 0 aliphatic rings. The van der Waals surface area contributed by atoms with E-state index in [1.54, 1.807) is 26.2 Å². The number of nitrogens with zero attached hydrogens (tertiary/aromatic N) is 2. The summed E-state index contributed by atoms with van der Waals surface area (Å²) in [5.41, 5.74) is 2.78. The van der Waals surface area contributed by atoms with Crippen LogP contribution in [0.3, 0.4) is 0 Å². The molecule has 3 aromatic carbocycles. The summed E-state index contributed by atoms with van der Waals surface area (Å²) in [5, 5.41) is 2.77. The van der Waals surface area contributed by atoms with Gasteiger partial charge in [0, 0.05) is 12.1 Å². The Hall–Kier alpha value is -3.32. The van der Waals surface area contributed by atoms with Crippen LogP contribution < -0.4 is 4.74 Å². The zero-order chi connectivity index (χ0) is 22.7. The maximum absolute atomic E-state index is 12.9. The van der Waals surface area contributed by atoms with Gasteiger partial charge in [0.15, 0.2) is 10.9 Å². The molecule has 0 saturated carbocycles. The highest BCUT2D eigenvalue weighted by atomic mass is 32.2. The van der Waals surface area contributed by atoms with Gasteiger partial charge in [-0.15, -0.1) is 0 Å². The zero-order valence-corrected chi connectivity index (χ0v) is 19.1. The molecular weight excluding hydrogens is 424 g/mol. The number of fused-ring (bicyclic) bond motifs is 2. The number of ether oxygens (including phenoxy) is 2. The maximum atomic E-state index is 12.9. The number of Topliss-reactive ketones (excluding diaryl/α,β-unsaturated/α-hetero) is 1. The van der Waals surface area contributed by atoms with E-state index < -0.39 is 0 Å². The number of esters is 1. The fourth-order valence-corrected chi connectivity index (χ4v) is 4.58. The standard InChI is InChI=1S/C25H24N2O4S/c1-4-27-22-11-9-19(24(29)31-5-2)14-21(22)26-25(27)32-15-23(28)18-7-6-17-13-20(30-3)10-8-16(17)12-18/h6-14H,4-5,15H2,1-3H3. The third-order valence-corrected chi connectivity index (χ3v) is 6.22. The van der Waals surface area contributed by atoms with E-state index in [4.69, 9.17) is 9.47 Å². The molecule has 0 amide bonds. The van der Waals surface area contributed by atoms with Crippen molar-refractivity contribution in [1.29, 1.82) is 0 Å². The summed E-state index contributed by atoms with van der Waals surface area (Å²) in [5.74, 6) is 0.737. The number of hydrogen-bond acceptors (Lipinski definition) is 6. The highest BCUT2D eigenvalue weighted by molar-refractivity contribution is 7.99. The van der Waals surface area contributed by atoms with Gasteiger partial charge in [-0.2, -0.15) is 0 Å². The molecule has 7 heteroatoms. The van der Waals surface area contributed by atoms with Crippen LogP contribution in [-0.4, -0.2) is 40.8 Å². The number of benzene rings is 3. The van der Waals surface area contributed by atoms with Crippen LogP contribution in [0.25, 0.3) is 21.8 Å². The minimum atomic E-state index is -0.362. The van der Waals surface area contributed by atoms with Crippen molar-refractivity contribution in [2.24, 2.45) is 0 Å². The Balaban J connectivity index is 1.54. The molecule has 6 nitrogen and oxygen atoms in total. The molecule has 0 fully saturated rings. The van der Waals surface area contributed by atoms with Crippen molar-refractivity contribution in [1.82, 2.24) is 9.55 Å². The van der Waals surface area contributed by atoms with Crippen LogP contribution in [0.15, 0.2) is 59.8 Å². The number of carbonyl (C=O) groups is 2. The number of hydrogen-bond donors (Lipinski definition) is 0. The molecule has 0 aliphatic heterocycles. The molecule has 164 valence electrons. The van der Waals surface area contributed by atoms with Crippen molar-refractivity contribution in [2.45, 2.75) is 25.5 Å². The van der Waals surface area contributed by atoms with Crippen molar-refractivity contribution in [2.75, 3.05) is 19.5 Å². The SMILES string of the molecule is CCOC(=O)c1ccc2c(c1)nc(SCC(=O)c1ccc3cc(OC)ccc3c1)n2CC. The van der Waals surface area contributed by atoms with E-state index in [1.165, 1.54) is 11.8 Å². The summed E-state index contributed by atoms with van der Waals surface area (Å²) in [7, 11) is 1.64. The first-order chi connectivity index (χ1) is 15.5. The van der Waals surface area contributed by atoms with E-state index in [0.29, 0.717) is 29.8 Å². The molecule has 0 atom stereocenters. The number of rotatable bonds is 8. The van der Waals surface area contributed by atoms with E-state index >= 15 is 0 Å². The molecule has 4 aromatic rings. The van der Waals surface area contributed by atoms with Gasteiger partial charge < -0.3 is 14.0 Å². The molecule has 0 spiro atoms. The van der Waals surface area contributed by atoms with Crippen molar-refractivity contribution in [3.63, 3.8) is 0 Å². The lowest BCUT2D eigenvalue weighted by atomic mass is 10.0. The first-order valence-corrected chi connectivity index (χ1v) is 11.4. The molecule has 0 unspecified atom stereocenters. The number of carbonyl (C=O) groups excluding carboxylic acids is 2. The largest absolute Gasteiger partial charge is 0.497 e. The predicted molar refractivity (Wildman–Crippen MR) is 127 cm³/mol. The fraction of sp³-hybridized carbons (Fsp3) is 0.240. The molecule has 1 heterocycles. The summed E-state index contributed by atoms with van der Waals surface area (Å²) < 4.78 is 12.4. The average Bonchev–Trinajstić information content (AvgIpc) is 3.18. The third kappa shape index (κ3) is 4.34. The molecule has 1 aromatic heterocycles. The van der Waals surface area contributed by atoms with E-state index in [0.717, 1.165) is 27.2 Å². The second kappa shape index (κ2) is 9.44. The first-order valence-electron chi connectivity index (χ1n) is 10.4. The molecule has 0 aliphatic carbocycles. The fourth-order valence-electron chi connectivity index (χ4n) is 3.60. The topological polar surface area (TPSA) is 70.4 Å². The van der Waals surface area contributed by atoms with Gasteiger partial charge in [0.2, 0.25) is 0 Å². The first kappa shape index (κ1) is 21.9. The smallest absolute Gasteiger partial charge is 0.338 e. The van der Waals surface area contributed by atoms with E-state index in [-0.39, 0.29) is 17.5 Å². The average molecular weight is 449 g/mol. The van der Waals surface area contributed by atoms with Crippen LogP contribution in [0, 0.1) is 0 Å². The lowest BCUT2D eigenvalue weighted by Gasteiger charge is -2.07. The lowest BCUT2D eigenvalue weighted by molar-refractivity contribution is 0.0526. The number of ketones is 1. The van der Waals surface area contributed by atoms with Crippen molar-refractivity contribution >= 4 is 45.3 Å². The molecular formula is C25H24N2O4S. The minimum absolute atomic E-state index is 0.0367. The highest BCUT2D eigenvalue weighted by Gasteiger charge is 2.16. The van der Waals surface area contributed by atoms with Gasteiger partial charge in [-0.05, 0) is 61.0 Å². The quantitative estimate of drug-likeness (QED) is 0.205. The molecule has 32 heavy (non-hydrogen) atoms. The van der Waals surface area contributed by atoms with Crippen LogP contribution in [-0.2, 0) is 11.3 Å². The highest BCUT2D eigenvalue weighted by Crippen LogP contribution is 2.27. The van der Waals surface area contributed by atoms with Gasteiger partial charge in [0.1, 0.15) is 5.75 Å². The Morgan fingerprint density at radius 2 is 1.72 bits per heavy atom. The predicted octanol–water partition coefficient (Wildman–Crippen LogP) is 5.37. The lowest BCUT2D eigenvalue weighted by Crippen LogP contribution is -2.05. The number of thioether (sulfide) groups is 1. The van der Waals surface area contributed by atoms with Gasteiger partial charge in [0.05, 0.1) is 36.1 Å². The van der Waals surface area contributed by atoms with E-state index in [2.05, 4.69) is 9.55 Å². The van der Waals surface area contributed by atoms with Crippen LogP contribution in [0.2, 0.25) is 0 Å². The second-order valence-electron chi connectivity index (χ2n) is 7.20. The summed E-state index contributed by atoms with van der Waals surface area (Å²) in [4.78, 5) is 29.6. The molecule has 4 rings (SSSR count). The maximum Gasteiger partial charge on any atom is 0.338 e. The molecule has 0 bridgehead atoms. The molecule has 0 saturated heterocycles. The summed E-state index contributed by atoms with van der Waals surface area (Å²) in [6.45, 7) is 4.85. The number of methoxy groups -OCH3 is 1. The van der Waals surface area contributed by atoms with E-state index in [1.807, 2.05) is 49.4 Å². The van der Waals surface area contributed by atoms with Crippen molar-refractivity contribution in [3.8, 4) is 5.75 Å². The summed E-state index contributed by atoms with van der Waals surface area (Å²) in [6, 6.07) is 16.9. The van der Waals surface area contributed by atoms with Crippen LogP contribution in [0.5, 0.6) is 5.75 Å². The van der Waals surface area contributed by atoms with Gasteiger partial charge in [-0.1, -0.05) is 30.0 Å². The van der Waals surface area contributed by atoms with Gasteiger partial charge in [0.25, 0.3) is 0 Å². The van der Waals surface area contributed by atoms with Gasteiger partial charge >= 0.3 is 5.97 Å². The Labute approximate surface area is 190 Å². The number of imidazole rings is 1.